The Morgan fingerprint density at radius 1 is 1.05 bits per heavy atom. The van der Waals surface area contributed by atoms with E-state index in [1.165, 1.54) is 29.2 Å². The largest absolute Gasteiger partial charge is 0.478 e. The summed E-state index contributed by atoms with van der Waals surface area (Å²) >= 11 is 0. The van der Waals surface area contributed by atoms with Gasteiger partial charge in [0.25, 0.3) is 0 Å². The first-order chi connectivity index (χ1) is 9.97. The van der Waals surface area contributed by atoms with Gasteiger partial charge in [-0.25, -0.2) is 9.18 Å². The number of carboxylic acids is 1. The van der Waals surface area contributed by atoms with E-state index in [2.05, 4.69) is 0 Å². The van der Waals surface area contributed by atoms with Crippen LogP contribution >= 0.6 is 0 Å². The van der Waals surface area contributed by atoms with Gasteiger partial charge in [-0.05, 0) is 42.0 Å². The van der Waals surface area contributed by atoms with Gasteiger partial charge in [-0.1, -0.05) is 12.1 Å². The first kappa shape index (κ1) is 14.7. The molecule has 0 aliphatic carbocycles. The minimum atomic E-state index is -1.01. The van der Waals surface area contributed by atoms with Crippen molar-refractivity contribution in [1.29, 1.82) is 0 Å². The number of benzene rings is 2. The van der Waals surface area contributed by atoms with Crippen molar-refractivity contribution in [2.24, 2.45) is 0 Å². The minimum Gasteiger partial charge on any atom is -0.478 e. The van der Waals surface area contributed by atoms with E-state index in [1.54, 1.807) is 31.3 Å². The number of aromatic carboxylic acids is 1. The molecule has 108 valence electrons. The van der Waals surface area contributed by atoms with Gasteiger partial charge < -0.3 is 10.0 Å². The zero-order chi connectivity index (χ0) is 15.4. The number of nitrogens with zero attached hydrogens (tertiary/aromatic N) is 1. The molecule has 0 heterocycles. The van der Waals surface area contributed by atoms with E-state index < -0.39 is 5.97 Å². The molecule has 1 amide bonds. The zero-order valence-corrected chi connectivity index (χ0v) is 11.4. The average Bonchev–Trinajstić information content (AvgIpc) is 2.49. The lowest BCUT2D eigenvalue weighted by molar-refractivity contribution is -0.117. The van der Waals surface area contributed by atoms with Crippen LogP contribution in [0.5, 0.6) is 0 Å². The topological polar surface area (TPSA) is 57.6 Å². The highest BCUT2D eigenvalue weighted by Crippen LogP contribution is 2.15. The molecule has 0 saturated carbocycles. The molecule has 5 heteroatoms. The van der Waals surface area contributed by atoms with Crippen LogP contribution in [0.2, 0.25) is 0 Å². The van der Waals surface area contributed by atoms with Crippen molar-refractivity contribution in [3.63, 3.8) is 0 Å². The van der Waals surface area contributed by atoms with Crippen LogP contribution in [0.1, 0.15) is 15.9 Å². The fourth-order valence-corrected chi connectivity index (χ4v) is 1.87. The number of anilines is 1. The van der Waals surface area contributed by atoms with E-state index in [4.69, 9.17) is 5.11 Å². The first-order valence-corrected chi connectivity index (χ1v) is 6.32. The molecule has 0 radical (unpaired) electrons. The molecule has 0 atom stereocenters. The molecule has 1 N–H and O–H groups in total. The summed E-state index contributed by atoms with van der Waals surface area (Å²) in [6.45, 7) is 0. The molecular weight excluding hydrogens is 273 g/mol. The third kappa shape index (κ3) is 3.66. The first-order valence-electron chi connectivity index (χ1n) is 6.32. The standard InChI is InChI=1S/C16H14FNO3/c1-18(14-8-4-12(5-9-14)16(20)21)15(19)10-11-2-6-13(17)7-3-11/h2-9H,10H2,1H3,(H,20,21). The summed E-state index contributed by atoms with van der Waals surface area (Å²) in [7, 11) is 1.61. The Balaban J connectivity index is 2.08. The fourth-order valence-electron chi connectivity index (χ4n) is 1.87. The van der Waals surface area contributed by atoms with E-state index in [0.717, 1.165) is 5.56 Å². The van der Waals surface area contributed by atoms with Gasteiger partial charge >= 0.3 is 5.97 Å². The van der Waals surface area contributed by atoms with Crippen LogP contribution in [0.3, 0.4) is 0 Å². The van der Waals surface area contributed by atoms with Crippen LogP contribution < -0.4 is 4.90 Å². The molecule has 2 aromatic carbocycles. The number of carbonyl (C=O) groups is 2. The van der Waals surface area contributed by atoms with Gasteiger partial charge in [0.15, 0.2) is 0 Å². The van der Waals surface area contributed by atoms with Crippen molar-refractivity contribution in [2.45, 2.75) is 6.42 Å². The lowest BCUT2D eigenvalue weighted by Gasteiger charge is -2.17. The van der Waals surface area contributed by atoms with Crippen molar-refractivity contribution < 1.29 is 19.1 Å². The molecule has 21 heavy (non-hydrogen) atoms. The lowest BCUT2D eigenvalue weighted by Crippen LogP contribution is -2.27. The molecule has 0 bridgehead atoms. The molecule has 0 fully saturated rings. The highest BCUT2D eigenvalue weighted by Gasteiger charge is 2.12. The maximum Gasteiger partial charge on any atom is 0.335 e. The summed E-state index contributed by atoms with van der Waals surface area (Å²) in [4.78, 5) is 24.3. The SMILES string of the molecule is CN(C(=O)Cc1ccc(F)cc1)c1ccc(C(=O)O)cc1. The van der Waals surface area contributed by atoms with Crippen LogP contribution in [0.15, 0.2) is 48.5 Å². The highest BCUT2D eigenvalue weighted by molar-refractivity contribution is 5.95. The third-order valence-electron chi connectivity index (χ3n) is 3.14. The van der Waals surface area contributed by atoms with Gasteiger partial charge in [0.2, 0.25) is 5.91 Å². The maximum absolute atomic E-state index is 12.8. The van der Waals surface area contributed by atoms with Crippen LogP contribution in [-0.4, -0.2) is 24.0 Å². The molecule has 0 aliphatic heterocycles. The van der Waals surface area contributed by atoms with E-state index in [-0.39, 0.29) is 23.7 Å². The molecular formula is C16H14FNO3. The molecule has 0 aromatic heterocycles. The molecule has 0 spiro atoms. The third-order valence-corrected chi connectivity index (χ3v) is 3.14. The van der Waals surface area contributed by atoms with Crippen molar-refractivity contribution in [3.8, 4) is 0 Å². The molecule has 0 saturated heterocycles. The summed E-state index contributed by atoms with van der Waals surface area (Å²) in [6.07, 6.45) is 0.150. The van der Waals surface area contributed by atoms with Gasteiger partial charge in [-0.2, -0.15) is 0 Å². The van der Waals surface area contributed by atoms with E-state index in [9.17, 15) is 14.0 Å². The number of hydrogen-bond acceptors (Lipinski definition) is 2. The van der Waals surface area contributed by atoms with Crippen molar-refractivity contribution in [1.82, 2.24) is 0 Å². The Morgan fingerprint density at radius 2 is 1.62 bits per heavy atom. The van der Waals surface area contributed by atoms with Gasteiger partial charge in [0, 0.05) is 12.7 Å². The molecule has 2 aromatic rings. The minimum absolute atomic E-state index is 0.150. The van der Waals surface area contributed by atoms with Gasteiger partial charge in [-0.3, -0.25) is 4.79 Å². The highest BCUT2D eigenvalue weighted by atomic mass is 19.1. The van der Waals surface area contributed by atoms with Crippen LogP contribution in [-0.2, 0) is 11.2 Å². The number of likely N-dealkylation sites (N-methyl/N-ethyl adjacent to an activating group) is 1. The Bertz CT molecular complexity index is 650. The fraction of sp³-hybridized carbons (Fsp3) is 0.125. The predicted molar refractivity (Wildman–Crippen MR) is 76.9 cm³/mol. The predicted octanol–water partition coefficient (Wildman–Crippen LogP) is 2.73. The van der Waals surface area contributed by atoms with Crippen LogP contribution in [0.4, 0.5) is 10.1 Å². The number of amides is 1. The second-order valence-electron chi connectivity index (χ2n) is 4.61. The van der Waals surface area contributed by atoms with E-state index in [0.29, 0.717) is 5.69 Å². The van der Waals surface area contributed by atoms with Crippen molar-refractivity contribution in [3.05, 3.63) is 65.5 Å². The van der Waals surface area contributed by atoms with Gasteiger partial charge in [0.05, 0.1) is 12.0 Å². The summed E-state index contributed by atoms with van der Waals surface area (Å²) in [5.74, 6) is -1.52. The molecule has 4 nitrogen and oxygen atoms in total. The molecule has 0 unspecified atom stereocenters. The van der Waals surface area contributed by atoms with Crippen molar-refractivity contribution in [2.75, 3.05) is 11.9 Å². The quantitative estimate of drug-likeness (QED) is 0.940. The molecule has 2 rings (SSSR count). The summed E-state index contributed by atoms with van der Waals surface area (Å²) in [5, 5.41) is 8.83. The van der Waals surface area contributed by atoms with Gasteiger partial charge in [-0.15, -0.1) is 0 Å². The summed E-state index contributed by atoms with van der Waals surface area (Å²) in [5.41, 5.74) is 1.49. The Hall–Kier alpha value is -2.69. The monoisotopic (exact) mass is 287 g/mol. The van der Waals surface area contributed by atoms with Crippen LogP contribution in [0, 0.1) is 5.82 Å². The van der Waals surface area contributed by atoms with Crippen LogP contribution in [0.25, 0.3) is 0 Å². The average molecular weight is 287 g/mol. The summed E-state index contributed by atoms with van der Waals surface area (Å²) in [6, 6.07) is 11.8. The van der Waals surface area contributed by atoms with E-state index in [1.807, 2.05) is 0 Å². The zero-order valence-electron chi connectivity index (χ0n) is 11.4. The van der Waals surface area contributed by atoms with Crippen molar-refractivity contribution >= 4 is 17.6 Å². The van der Waals surface area contributed by atoms with E-state index >= 15 is 0 Å². The Morgan fingerprint density at radius 3 is 2.14 bits per heavy atom. The smallest absolute Gasteiger partial charge is 0.335 e. The summed E-state index contributed by atoms with van der Waals surface area (Å²) < 4.78 is 12.8. The second-order valence-corrected chi connectivity index (χ2v) is 4.61. The number of carboxylic acid groups (broad SMARTS) is 1. The number of rotatable bonds is 4. The maximum atomic E-state index is 12.8. The number of hydrogen-bond donors (Lipinski definition) is 1. The Labute approximate surface area is 121 Å². The molecule has 0 aliphatic rings. The normalized spacial score (nSPS) is 10.2. The Kier molecular flexibility index (Phi) is 4.33. The second kappa shape index (κ2) is 6.17. The van der Waals surface area contributed by atoms with Gasteiger partial charge in [0.1, 0.15) is 5.82 Å². The number of halogens is 1. The number of carbonyl (C=O) groups excluding carboxylic acids is 1. The lowest BCUT2D eigenvalue weighted by atomic mass is 10.1.